The molecule has 1 aliphatic carbocycles. The number of likely N-dealkylation sites (tertiary alicyclic amines) is 1. The summed E-state index contributed by atoms with van der Waals surface area (Å²) in [6.07, 6.45) is 4.06. The van der Waals surface area contributed by atoms with Crippen molar-refractivity contribution in [1.29, 1.82) is 0 Å². The molecule has 2 saturated heterocycles. The molecule has 3 aliphatic rings. The lowest BCUT2D eigenvalue weighted by atomic mass is 9.75. The van der Waals surface area contributed by atoms with Gasteiger partial charge in [-0.15, -0.1) is 10.2 Å². The predicted octanol–water partition coefficient (Wildman–Crippen LogP) is 4.67. The number of pyridine rings is 1. The van der Waals surface area contributed by atoms with Gasteiger partial charge in [0.1, 0.15) is 17.8 Å². The van der Waals surface area contributed by atoms with Gasteiger partial charge in [0.05, 0.1) is 18.9 Å². The first-order chi connectivity index (χ1) is 19.5. The zero-order chi connectivity index (χ0) is 29.0. The number of fused-ring (bicyclic) bond motifs is 1. The second-order valence-electron chi connectivity index (χ2n) is 12.9. The molecule has 0 spiro atoms. The zero-order valence-electron chi connectivity index (χ0n) is 24.2. The Hall–Kier alpha value is -3.24. The number of rotatable bonds is 7. The number of benzene rings is 1. The summed E-state index contributed by atoms with van der Waals surface area (Å²) in [6.45, 7) is 8.29. The summed E-state index contributed by atoms with van der Waals surface area (Å²) in [4.78, 5) is 20.6. The third kappa shape index (κ3) is 5.28. The summed E-state index contributed by atoms with van der Waals surface area (Å²) < 4.78 is 35.8. The maximum Gasteiger partial charge on any atom is 0.274 e. The average Bonchev–Trinajstić information content (AvgIpc) is 3.45. The van der Waals surface area contributed by atoms with Crippen molar-refractivity contribution >= 4 is 11.6 Å². The second kappa shape index (κ2) is 10.2. The van der Waals surface area contributed by atoms with E-state index >= 15 is 0 Å². The van der Waals surface area contributed by atoms with Gasteiger partial charge in [-0.05, 0) is 47.7 Å². The highest BCUT2D eigenvalue weighted by molar-refractivity contribution is 6.03. The molecule has 2 aliphatic heterocycles. The van der Waals surface area contributed by atoms with Crippen LogP contribution in [0.5, 0.6) is 0 Å². The Kier molecular flexibility index (Phi) is 6.97. The van der Waals surface area contributed by atoms with Crippen molar-refractivity contribution in [1.82, 2.24) is 24.6 Å². The minimum atomic E-state index is -2.63. The molecule has 1 N–H and O–H groups in total. The molecule has 41 heavy (non-hydrogen) atoms. The molecule has 3 aromatic rings. The molecular weight excluding hydrogens is 526 g/mol. The number of carbonyl (C=O) groups is 1. The van der Waals surface area contributed by atoms with Crippen LogP contribution in [0.3, 0.4) is 0 Å². The minimum absolute atomic E-state index is 0.139. The number of nitrogens with one attached hydrogen (secondary N) is 1. The van der Waals surface area contributed by atoms with Gasteiger partial charge in [0.2, 0.25) is 0 Å². The first kappa shape index (κ1) is 27.9. The average molecular weight is 565 g/mol. The van der Waals surface area contributed by atoms with Gasteiger partial charge in [-0.1, -0.05) is 32.9 Å². The lowest BCUT2D eigenvalue weighted by Crippen LogP contribution is -2.49. The van der Waals surface area contributed by atoms with Gasteiger partial charge in [0.25, 0.3) is 11.8 Å². The Morgan fingerprint density at radius 3 is 2.68 bits per heavy atom. The van der Waals surface area contributed by atoms with E-state index < -0.39 is 11.8 Å². The number of halogens is 2. The van der Waals surface area contributed by atoms with E-state index in [-0.39, 0.29) is 23.2 Å². The van der Waals surface area contributed by atoms with E-state index in [9.17, 15) is 13.6 Å². The lowest BCUT2D eigenvalue weighted by Gasteiger charge is -2.41. The number of nitrogens with zero attached hydrogens (tertiary/aromatic N) is 5. The number of hydrogen-bond acceptors (Lipinski definition) is 6. The van der Waals surface area contributed by atoms with E-state index in [0.29, 0.717) is 50.7 Å². The summed E-state index contributed by atoms with van der Waals surface area (Å²) in [6, 6.07) is 9.76. The molecule has 0 saturated carbocycles. The maximum absolute atomic E-state index is 14.1. The molecule has 218 valence electrons. The van der Waals surface area contributed by atoms with Crippen LogP contribution in [0.4, 0.5) is 14.5 Å². The molecular formula is C31H38F2N6O2. The van der Waals surface area contributed by atoms with Crippen LogP contribution in [0.15, 0.2) is 36.7 Å². The molecule has 0 bridgehead atoms. The predicted molar refractivity (Wildman–Crippen MR) is 151 cm³/mol. The summed E-state index contributed by atoms with van der Waals surface area (Å²) in [5.41, 5.74) is 4.86. The van der Waals surface area contributed by atoms with E-state index in [1.165, 1.54) is 0 Å². The van der Waals surface area contributed by atoms with Crippen LogP contribution in [-0.2, 0) is 42.0 Å². The first-order valence-corrected chi connectivity index (χ1v) is 14.4. The maximum atomic E-state index is 14.1. The highest BCUT2D eigenvalue weighted by atomic mass is 19.3. The van der Waals surface area contributed by atoms with Crippen LogP contribution in [0.1, 0.15) is 72.3 Å². The second-order valence-corrected chi connectivity index (χ2v) is 12.9. The number of ether oxygens (including phenoxy) is 1. The van der Waals surface area contributed by atoms with Crippen LogP contribution in [-0.4, -0.2) is 62.8 Å². The smallest absolute Gasteiger partial charge is 0.274 e. The van der Waals surface area contributed by atoms with Crippen LogP contribution in [0.25, 0.3) is 0 Å². The molecule has 0 unspecified atom stereocenters. The van der Waals surface area contributed by atoms with Gasteiger partial charge >= 0.3 is 0 Å². The number of anilines is 1. The Morgan fingerprint density at radius 1 is 1.20 bits per heavy atom. The van der Waals surface area contributed by atoms with Gasteiger partial charge in [0, 0.05) is 62.0 Å². The van der Waals surface area contributed by atoms with Crippen molar-refractivity contribution in [3.63, 3.8) is 0 Å². The lowest BCUT2D eigenvalue weighted by molar-refractivity contribution is -0.100. The molecule has 4 heterocycles. The third-order valence-electron chi connectivity index (χ3n) is 9.29. The first-order valence-electron chi connectivity index (χ1n) is 14.4. The molecule has 1 aromatic carbocycles. The number of carbonyl (C=O) groups excluding carboxylic acids is 1. The van der Waals surface area contributed by atoms with Crippen LogP contribution < -0.4 is 5.32 Å². The summed E-state index contributed by atoms with van der Waals surface area (Å²) in [7, 11) is 1.93. The molecule has 2 aromatic heterocycles. The van der Waals surface area contributed by atoms with E-state index in [1.54, 1.807) is 13.3 Å². The van der Waals surface area contributed by atoms with Crippen molar-refractivity contribution in [3.8, 4) is 0 Å². The number of alkyl halides is 2. The van der Waals surface area contributed by atoms with Gasteiger partial charge in [-0.2, -0.15) is 0 Å². The van der Waals surface area contributed by atoms with Crippen LogP contribution >= 0.6 is 0 Å². The largest absolute Gasteiger partial charge is 0.379 e. The van der Waals surface area contributed by atoms with Gasteiger partial charge in [0.15, 0.2) is 0 Å². The highest BCUT2D eigenvalue weighted by Crippen LogP contribution is 2.41. The number of aromatic nitrogens is 4. The quantitative estimate of drug-likeness (QED) is 0.449. The zero-order valence-corrected chi connectivity index (χ0v) is 24.2. The third-order valence-corrected chi connectivity index (χ3v) is 9.29. The molecule has 8 nitrogen and oxygen atoms in total. The topological polar surface area (TPSA) is 85.2 Å². The molecule has 2 fully saturated rings. The number of amides is 1. The number of piperidine rings is 1. The fraction of sp³-hybridized carbons (Fsp3) is 0.548. The standard InChI is InChI=1S/C31H38F2N6O2/c1-20-15-39(11-10-31(20,32)33)16-21-12-25(36-27-24(21)8-9-29(27,2)3)28(40)35-23-7-5-6-22(13-23)30(17-41-18-30)14-26-37-34-19-38(26)4/h5-7,12-13,19-20H,8-11,14-18H2,1-4H3,(H,35,40)/t20-/m1/s1. The molecule has 0 radical (unpaired) electrons. The van der Waals surface area contributed by atoms with Crippen LogP contribution in [0, 0.1) is 5.92 Å². The number of hydrogen-bond donors (Lipinski definition) is 1. The summed E-state index contributed by atoms with van der Waals surface area (Å²) in [5.74, 6) is -2.72. The molecule has 6 rings (SSSR count). The monoisotopic (exact) mass is 564 g/mol. The van der Waals surface area contributed by atoms with E-state index in [4.69, 9.17) is 9.72 Å². The fourth-order valence-electron chi connectivity index (χ4n) is 6.44. The molecule has 1 amide bonds. The van der Waals surface area contributed by atoms with E-state index in [0.717, 1.165) is 41.1 Å². The summed E-state index contributed by atoms with van der Waals surface area (Å²) in [5, 5.41) is 11.3. The summed E-state index contributed by atoms with van der Waals surface area (Å²) >= 11 is 0. The Bertz CT molecular complexity index is 1460. The SMILES string of the molecule is C[C@@H]1CN(Cc2cc(C(=O)Nc3cccc(C4(Cc5nncn5C)COC4)c3)nc3c2CCC3(C)C)CCC1(F)F. The van der Waals surface area contributed by atoms with Gasteiger partial charge < -0.3 is 14.6 Å². The van der Waals surface area contributed by atoms with Crippen molar-refractivity contribution in [2.45, 2.75) is 69.8 Å². The Morgan fingerprint density at radius 2 is 2.00 bits per heavy atom. The number of aryl methyl sites for hydroxylation is 1. The van der Waals surface area contributed by atoms with Crippen molar-refractivity contribution < 1.29 is 18.3 Å². The van der Waals surface area contributed by atoms with Crippen molar-refractivity contribution in [3.05, 3.63) is 70.6 Å². The molecule has 1 atom stereocenters. The van der Waals surface area contributed by atoms with Crippen LogP contribution in [0.2, 0.25) is 0 Å². The van der Waals surface area contributed by atoms with E-state index in [2.05, 4.69) is 40.3 Å². The van der Waals surface area contributed by atoms with Crippen molar-refractivity contribution in [2.24, 2.45) is 13.0 Å². The fourth-order valence-corrected chi connectivity index (χ4v) is 6.44. The highest BCUT2D eigenvalue weighted by Gasteiger charge is 2.43. The Labute approximate surface area is 239 Å². The van der Waals surface area contributed by atoms with E-state index in [1.807, 2.05) is 35.9 Å². The van der Waals surface area contributed by atoms with Crippen molar-refractivity contribution in [2.75, 3.05) is 31.6 Å². The van der Waals surface area contributed by atoms with Gasteiger partial charge in [-0.3, -0.25) is 9.69 Å². The Balaban J connectivity index is 1.25. The van der Waals surface area contributed by atoms with Gasteiger partial charge in [-0.25, -0.2) is 13.8 Å². The minimum Gasteiger partial charge on any atom is -0.379 e. The normalized spacial score (nSPS) is 22.6. The molecule has 10 heteroatoms.